The first-order chi connectivity index (χ1) is 9.47. The first-order valence-electron chi connectivity index (χ1n) is 5.59. The summed E-state index contributed by atoms with van der Waals surface area (Å²) in [5, 5.41) is 20.1. The average Bonchev–Trinajstić information content (AvgIpc) is 2.39. The van der Waals surface area contributed by atoms with Crippen molar-refractivity contribution >= 4 is 23.4 Å². The Balaban J connectivity index is 2.19. The van der Waals surface area contributed by atoms with Crippen LogP contribution in [-0.2, 0) is 0 Å². The molecule has 0 saturated heterocycles. The predicted molar refractivity (Wildman–Crippen MR) is 73.2 cm³/mol. The van der Waals surface area contributed by atoms with Crippen LogP contribution in [0, 0.1) is 17.0 Å². The SMILES string of the molecule is Cc1cc(Sc2ccc(C(=O)O)cc2)ncc1[N+](=O)[O-]. The first-order valence-corrected chi connectivity index (χ1v) is 6.41. The lowest BCUT2D eigenvalue weighted by molar-refractivity contribution is -0.385. The highest BCUT2D eigenvalue weighted by atomic mass is 32.2. The molecule has 0 aliphatic rings. The highest BCUT2D eigenvalue weighted by Crippen LogP contribution is 2.29. The highest BCUT2D eigenvalue weighted by Gasteiger charge is 2.12. The van der Waals surface area contributed by atoms with Gasteiger partial charge in [-0.3, -0.25) is 10.1 Å². The third-order valence-corrected chi connectivity index (χ3v) is 3.52. The van der Waals surface area contributed by atoms with Crippen LogP contribution < -0.4 is 0 Å². The molecule has 0 bridgehead atoms. The quantitative estimate of drug-likeness (QED) is 0.686. The number of aromatic nitrogens is 1. The molecule has 20 heavy (non-hydrogen) atoms. The lowest BCUT2D eigenvalue weighted by Crippen LogP contribution is -1.95. The molecular formula is C13H10N2O4S. The standard InChI is InChI=1S/C13H10N2O4S/c1-8-6-12(14-7-11(8)15(18)19)20-10-4-2-9(3-5-10)13(16)17/h2-7H,1H3,(H,16,17). The van der Waals surface area contributed by atoms with Crippen LogP contribution in [0.1, 0.15) is 15.9 Å². The largest absolute Gasteiger partial charge is 0.478 e. The maximum atomic E-state index is 10.7. The third-order valence-electron chi connectivity index (χ3n) is 2.58. The molecular weight excluding hydrogens is 280 g/mol. The van der Waals surface area contributed by atoms with Crippen molar-refractivity contribution in [1.82, 2.24) is 4.98 Å². The van der Waals surface area contributed by atoms with Crippen LogP contribution in [0.3, 0.4) is 0 Å². The van der Waals surface area contributed by atoms with Crippen molar-refractivity contribution in [2.24, 2.45) is 0 Å². The Morgan fingerprint density at radius 1 is 1.35 bits per heavy atom. The van der Waals surface area contributed by atoms with E-state index in [0.29, 0.717) is 10.6 Å². The number of hydrogen-bond acceptors (Lipinski definition) is 5. The minimum absolute atomic E-state index is 0.0180. The van der Waals surface area contributed by atoms with E-state index in [4.69, 9.17) is 5.11 Å². The van der Waals surface area contributed by atoms with Crippen molar-refractivity contribution in [3.05, 3.63) is 57.8 Å². The number of aromatic carboxylic acids is 1. The molecule has 102 valence electrons. The van der Waals surface area contributed by atoms with Crippen molar-refractivity contribution in [2.45, 2.75) is 16.8 Å². The Hall–Kier alpha value is -2.41. The average molecular weight is 290 g/mol. The molecule has 1 aromatic carbocycles. The number of carboxylic acids is 1. The summed E-state index contributed by atoms with van der Waals surface area (Å²) in [4.78, 5) is 25.8. The van der Waals surface area contributed by atoms with Crippen LogP contribution in [0.25, 0.3) is 0 Å². The molecule has 0 fully saturated rings. The second-order valence-electron chi connectivity index (χ2n) is 4.00. The second-order valence-corrected chi connectivity index (χ2v) is 5.09. The van der Waals surface area contributed by atoms with Crippen LogP contribution in [0.2, 0.25) is 0 Å². The topological polar surface area (TPSA) is 93.3 Å². The van der Waals surface area contributed by atoms with Gasteiger partial charge in [0, 0.05) is 10.5 Å². The summed E-state index contributed by atoms with van der Waals surface area (Å²) in [7, 11) is 0. The van der Waals surface area contributed by atoms with E-state index < -0.39 is 10.9 Å². The molecule has 2 rings (SSSR count). The molecule has 0 radical (unpaired) electrons. The van der Waals surface area contributed by atoms with E-state index in [9.17, 15) is 14.9 Å². The fourth-order valence-corrected chi connectivity index (χ4v) is 2.41. The number of nitro groups is 1. The van der Waals surface area contributed by atoms with E-state index in [2.05, 4.69) is 4.98 Å². The molecule has 1 aromatic heterocycles. The molecule has 1 N–H and O–H groups in total. The summed E-state index contributed by atoms with van der Waals surface area (Å²) in [5.74, 6) is -0.981. The Morgan fingerprint density at radius 2 is 2.00 bits per heavy atom. The Bertz CT molecular complexity index is 671. The van der Waals surface area contributed by atoms with Gasteiger partial charge in [-0.1, -0.05) is 11.8 Å². The van der Waals surface area contributed by atoms with Gasteiger partial charge in [0.05, 0.1) is 10.5 Å². The van der Waals surface area contributed by atoms with Crippen molar-refractivity contribution in [1.29, 1.82) is 0 Å². The number of pyridine rings is 1. The number of aryl methyl sites for hydroxylation is 1. The van der Waals surface area contributed by atoms with Gasteiger partial charge in [0.1, 0.15) is 11.2 Å². The zero-order valence-electron chi connectivity index (χ0n) is 10.4. The van der Waals surface area contributed by atoms with Crippen LogP contribution in [0.15, 0.2) is 46.5 Å². The van der Waals surface area contributed by atoms with Crippen molar-refractivity contribution < 1.29 is 14.8 Å². The van der Waals surface area contributed by atoms with E-state index in [1.54, 1.807) is 25.1 Å². The van der Waals surface area contributed by atoms with Crippen LogP contribution in [0.5, 0.6) is 0 Å². The summed E-state index contributed by atoms with van der Waals surface area (Å²) >= 11 is 1.32. The van der Waals surface area contributed by atoms with Gasteiger partial charge in [-0.2, -0.15) is 0 Å². The van der Waals surface area contributed by atoms with Gasteiger partial charge in [-0.05, 0) is 37.3 Å². The smallest absolute Gasteiger partial charge is 0.335 e. The van der Waals surface area contributed by atoms with Gasteiger partial charge in [0.25, 0.3) is 5.69 Å². The van der Waals surface area contributed by atoms with Gasteiger partial charge in [-0.15, -0.1) is 0 Å². The zero-order valence-corrected chi connectivity index (χ0v) is 11.3. The zero-order chi connectivity index (χ0) is 14.7. The summed E-state index contributed by atoms with van der Waals surface area (Å²) in [6.07, 6.45) is 1.23. The highest BCUT2D eigenvalue weighted by molar-refractivity contribution is 7.99. The van der Waals surface area contributed by atoms with Gasteiger partial charge < -0.3 is 5.11 Å². The Labute approximate surface area is 118 Å². The van der Waals surface area contributed by atoms with Gasteiger partial charge >= 0.3 is 5.97 Å². The second kappa shape index (κ2) is 5.70. The monoisotopic (exact) mass is 290 g/mol. The van der Waals surface area contributed by atoms with E-state index in [1.807, 2.05) is 0 Å². The molecule has 6 nitrogen and oxygen atoms in total. The fraction of sp³-hybridized carbons (Fsp3) is 0.0769. The van der Waals surface area contributed by atoms with E-state index in [0.717, 1.165) is 4.90 Å². The lowest BCUT2D eigenvalue weighted by atomic mass is 10.2. The molecule has 0 spiro atoms. The van der Waals surface area contributed by atoms with Gasteiger partial charge in [0.2, 0.25) is 0 Å². The van der Waals surface area contributed by atoms with Crippen LogP contribution >= 0.6 is 11.8 Å². The number of benzene rings is 1. The predicted octanol–water partition coefficient (Wildman–Crippen LogP) is 3.15. The summed E-state index contributed by atoms with van der Waals surface area (Å²) in [5.41, 5.74) is 0.729. The van der Waals surface area contributed by atoms with Crippen molar-refractivity contribution in [2.75, 3.05) is 0 Å². The summed E-state index contributed by atoms with van der Waals surface area (Å²) in [6.45, 7) is 1.65. The molecule has 0 aliphatic carbocycles. The summed E-state index contributed by atoms with van der Waals surface area (Å²) < 4.78 is 0. The minimum Gasteiger partial charge on any atom is -0.478 e. The molecule has 1 heterocycles. The number of rotatable bonds is 4. The number of carbonyl (C=O) groups is 1. The lowest BCUT2D eigenvalue weighted by Gasteiger charge is -2.03. The maximum Gasteiger partial charge on any atom is 0.335 e. The molecule has 0 atom stereocenters. The van der Waals surface area contributed by atoms with Crippen molar-refractivity contribution in [3.63, 3.8) is 0 Å². The summed E-state index contributed by atoms with van der Waals surface area (Å²) in [6, 6.07) is 7.98. The molecule has 7 heteroatoms. The Kier molecular flexibility index (Phi) is 3.99. The first kappa shape index (κ1) is 14.0. The van der Waals surface area contributed by atoms with E-state index in [1.165, 1.54) is 30.1 Å². The molecule has 0 unspecified atom stereocenters. The van der Waals surface area contributed by atoms with Gasteiger partial charge in [-0.25, -0.2) is 9.78 Å². The van der Waals surface area contributed by atoms with Crippen molar-refractivity contribution in [3.8, 4) is 0 Å². The molecule has 0 aliphatic heterocycles. The maximum absolute atomic E-state index is 10.7. The number of hydrogen-bond donors (Lipinski definition) is 1. The minimum atomic E-state index is -0.981. The molecule has 0 amide bonds. The van der Waals surface area contributed by atoms with Crippen LogP contribution in [-0.4, -0.2) is 21.0 Å². The number of carboxylic acid groups (broad SMARTS) is 1. The van der Waals surface area contributed by atoms with E-state index in [-0.39, 0.29) is 11.3 Å². The van der Waals surface area contributed by atoms with E-state index >= 15 is 0 Å². The number of nitrogens with zero attached hydrogens (tertiary/aromatic N) is 2. The van der Waals surface area contributed by atoms with Crippen LogP contribution in [0.4, 0.5) is 5.69 Å². The van der Waals surface area contributed by atoms with Gasteiger partial charge in [0.15, 0.2) is 0 Å². The normalized spacial score (nSPS) is 10.2. The fourth-order valence-electron chi connectivity index (χ4n) is 1.56. The molecule has 0 saturated carbocycles. The third kappa shape index (κ3) is 3.12. The Morgan fingerprint density at radius 3 is 2.50 bits per heavy atom. The molecule has 2 aromatic rings.